The highest BCUT2D eigenvalue weighted by Gasteiger charge is 2.45. The van der Waals surface area contributed by atoms with Crippen molar-refractivity contribution in [3.05, 3.63) is 0 Å². The van der Waals surface area contributed by atoms with Crippen molar-refractivity contribution in [2.45, 2.75) is 44.8 Å². The first-order valence-corrected chi connectivity index (χ1v) is 4.53. The van der Waals surface area contributed by atoms with Crippen LogP contribution in [0.25, 0.3) is 0 Å². The second-order valence-electron chi connectivity index (χ2n) is 3.11. The molecule has 0 bridgehead atoms. The molecule has 0 spiro atoms. The van der Waals surface area contributed by atoms with Crippen LogP contribution in [0.15, 0.2) is 0 Å². The quantitative estimate of drug-likeness (QED) is 0.358. The normalized spacial score (nSPS) is 26.8. The summed E-state index contributed by atoms with van der Waals surface area (Å²) in [5, 5.41) is 0. The zero-order chi connectivity index (χ0) is 8.97. The van der Waals surface area contributed by atoms with Crippen LogP contribution in [0.1, 0.15) is 32.6 Å². The molecule has 0 aromatic rings. The SMILES string of the molecule is CCCCCC1OC1C(=O)OC. The van der Waals surface area contributed by atoms with Crippen molar-refractivity contribution in [2.24, 2.45) is 0 Å². The molecule has 1 fully saturated rings. The average Bonchev–Trinajstić information content (AvgIpc) is 2.83. The van der Waals surface area contributed by atoms with Gasteiger partial charge >= 0.3 is 5.97 Å². The van der Waals surface area contributed by atoms with Gasteiger partial charge in [0.25, 0.3) is 0 Å². The van der Waals surface area contributed by atoms with E-state index in [1.165, 1.54) is 20.0 Å². The summed E-state index contributed by atoms with van der Waals surface area (Å²) >= 11 is 0. The van der Waals surface area contributed by atoms with E-state index in [1.54, 1.807) is 0 Å². The Morgan fingerprint density at radius 3 is 2.83 bits per heavy atom. The number of carbonyl (C=O) groups excluding carboxylic acids is 1. The third-order valence-electron chi connectivity index (χ3n) is 2.11. The van der Waals surface area contributed by atoms with Gasteiger partial charge in [-0.15, -0.1) is 0 Å². The minimum Gasteiger partial charge on any atom is -0.467 e. The molecule has 0 aliphatic carbocycles. The number of epoxide rings is 1. The number of carbonyl (C=O) groups is 1. The fraction of sp³-hybridized carbons (Fsp3) is 0.889. The molecular formula is C9H16O3. The molecule has 0 saturated carbocycles. The Bertz CT molecular complexity index is 156. The molecule has 2 atom stereocenters. The maximum Gasteiger partial charge on any atom is 0.337 e. The third-order valence-corrected chi connectivity index (χ3v) is 2.11. The lowest BCUT2D eigenvalue weighted by molar-refractivity contribution is -0.142. The van der Waals surface area contributed by atoms with Gasteiger partial charge in [-0.05, 0) is 6.42 Å². The Kier molecular flexibility index (Phi) is 3.53. The van der Waals surface area contributed by atoms with Crippen molar-refractivity contribution in [3.63, 3.8) is 0 Å². The van der Waals surface area contributed by atoms with Crippen molar-refractivity contribution in [2.75, 3.05) is 7.11 Å². The topological polar surface area (TPSA) is 38.8 Å². The molecule has 3 nitrogen and oxygen atoms in total. The van der Waals surface area contributed by atoms with E-state index in [9.17, 15) is 4.79 Å². The number of hydrogen-bond donors (Lipinski definition) is 0. The molecule has 2 unspecified atom stereocenters. The fourth-order valence-electron chi connectivity index (χ4n) is 1.28. The van der Waals surface area contributed by atoms with Gasteiger partial charge in [0.2, 0.25) is 0 Å². The monoisotopic (exact) mass is 172 g/mol. The van der Waals surface area contributed by atoms with E-state index in [4.69, 9.17) is 4.74 Å². The van der Waals surface area contributed by atoms with E-state index in [0.29, 0.717) is 0 Å². The van der Waals surface area contributed by atoms with Crippen molar-refractivity contribution in [1.82, 2.24) is 0 Å². The molecule has 0 N–H and O–H groups in total. The van der Waals surface area contributed by atoms with Crippen molar-refractivity contribution in [1.29, 1.82) is 0 Å². The Morgan fingerprint density at radius 1 is 1.50 bits per heavy atom. The van der Waals surface area contributed by atoms with Gasteiger partial charge in [-0.2, -0.15) is 0 Å². The molecule has 1 aliphatic rings. The summed E-state index contributed by atoms with van der Waals surface area (Å²) in [6.45, 7) is 2.16. The molecule has 3 heteroatoms. The Balaban J connectivity index is 2.04. The minimum atomic E-state index is -0.258. The number of ether oxygens (including phenoxy) is 2. The standard InChI is InChI=1S/C9H16O3/c1-3-4-5-6-7-8(12-7)9(10)11-2/h7-8H,3-6H2,1-2H3. The number of methoxy groups -OCH3 is 1. The van der Waals surface area contributed by atoms with E-state index in [-0.39, 0.29) is 18.2 Å². The summed E-state index contributed by atoms with van der Waals surface area (Å²) in [7, 11) is 1.40. The van der Waals surface area contributed by atoms with E-state index < -0.39 is 0 Å². The van der Waals surface area contributed by atoms with Crippen LogP contribution in [-0.4, -0.2) is 25.3 Å². The number of unbranched alkanes of at least 4 members (excludes halogenated alkanes) is 2. The van der Waals surface area contributed by atoms with Crippen LogP contribution in [-0.2, 0) is 14.3 Å². The molecule has 1 aliphatic heterocycles. The highest BCUT2D eigenvalue weighted by Crippen LogP contribution is 2.28. The van der Waals surface area contributed by atoms with Crippen molar-refractivity contribution >= 4 is 5.97 Å². The molecular weight excluding hydrogens is 156 g/mol. The molecule has 1 rings (SSSR count). The maximum atomic E-state index is 10.9. The highest BCUT2D eigenvalue weighted by molar-refractivity contribution is 5.77. The highest BCUT2D eigenvalue weighted by atomic mass is 16.6. The zero-order valence-corrected chi connectivity index (χ0v) is 7.71. The van der Waals surface area contributed by atoms with Gasteiger partial charge in [-0.1, -0.05) is 26.2 Å². The molecule has 0 aromatic carbocycles. The van der Waals surface area contributed by atoms with E-state index in [1.807, 2.05) is 0 Å². The summed E-state index contributed by atoms with van der Waals surface area (Å²) in [5.41, 5.74) is 0. The first kappa shape index (κ1) is 9.52. The molecule has 1 heterocycles. The van der Waals surface area contributed by atoms with Crippen LogP contribution in [0.2, 0.25) is 0 Å². The van der Waals surface area contributed by atoms with Gasteiger partial charge in [0.1, 0.15) is 0 Å². The largest absolute Gasteiger partial charge is 0.467 e. The molecule has 70 valence electrons. The van der Waals surface area contributed by atoms with Gasteiger partial charge < -0.3 is 9.47 Å². The van der Waals surface area contributed by atoms with Crippen LogP contribution in [0.5, 0.6) is 0 Å². The van der Waals surface area contributed by atoms with Crippen LogP contribution >= 0.6 is 0 Å². The maximum absolute atomic E-state index is 10.9. The van der Waals surface area contributed by atoms with E-state index >= 15 is 0 Å². The van der Waals surface area contributed by atoms with Crippen molar-refractivity contribution in [3.8, 4) is 0 Å². The van der Waals surface area contributed by atoms with E-state index in [2.05, 4.69) is 11.7 Å². The lowest BCUT2D eigenvalue weighted by Crippen LogP contribution is -2.11. The Hall–Kier alpha value is -0.570. The molecule has 1 saturated heterocycles. The summed E-state index contributed by atoms with van der Waals surface area (Å²) < 4.78 is 9.69. The van der Waals surface area contributed by atoms with Crippen molar-refractivity contribution < 1.29 is 14.3 Å². The van der Waals surface area contributed by atoms with Gasteiger partial charge in [0.15, 0.2) is 6.10 Å². The van der Waals surface area contributed by atoms with Crippen LogP contribution < -0.4 is 0 Å². The first-order valence-electron chi connectivity index (χ1n) is 4.53. The van der Waals surface area contributed by atoms with Gasteiger partial charge in [-0.25, -0.2) is 4.79 Å². The van der Waals surface area contributed by atoms with Gasteiger partial charge in [0.05, 0.1) is 13.2 Å². The second-order valence-corrected chi connectivity index (χ2v) is 3.11. The molecule has 0 radical (unpaired) electrons. The number of rotatable bonds is 5. The van der Waals surface area contributed by atoms with Crippen LogP contribution in [0.4, 0.5) is 0 Å². The molecule has 12 heavy (non-hydrogen) atoms. The van der Waals surface area contributed by atoms with E-state index in [0.717, 1.165) is 12.8 Å². The fourth-order valence-corrected chi connectivity index (χ4v) is 1.28. The van der Waals surface area contributed by atoms with Gasteiger partial charge in [-0.3, -0.25) is 0 Å². The van der Waals surface area contributed by atoms with Crippen LogP contribution in [0, 0.1) is 0 Å². The number of hydrogen-bond acceptors (Lipinski definition) is 3. The predicted molar refractivity (Wildman–Crippen MR) is 44.8 cm³/mol. The molecule has 0 aromatic heterocycles. The third kappa shape index (κ3) is 2.48. The molecule has 0 amide bonds. The minimum absolute atomic E-state index is 0.143. The summed E-state index contributed by atoms with van der Waals surface area (Å²) in [4.78, 5) is 10.9. The van der Waals surface area contributed by atoms with Crippen LogP contribution in [0.3, 0.4) is 0 Å². The Morgan fingerprint density at radius 2 is 2.25 bits per heavy atom. The second kappa shape index (κ2) is 4.45. The Labute approximate surface area is 73.0 Å². The first-order chi connectivity index (χ1) is 5.79. The predicted octanol–water partition coefficient (Wildman–Crippen LogP) is 1.51. The summed E-state index contributed by atoms with van der Waals surface area (Å²) in [5.74, 6) is -0.225. The summed E-state index contributed by atoms with van der Waals surface area (Å²) in [6, 6.07) is 0. The number of esters is 1. The average molecular weight is 172 g/mol. The smallest absolute Gasteiger partial charge is 0.337 e. The lowest BCUT2D eigenvalue weighted by Gasteiger charge is -1.94. The summed E-state index contributed by atoms with van der Waals surface area (Å²) in [6.07, 6.45) is 4.45. The van der Waals surface area contributed by atoms with Gasteiger partial charge in [0, 0.05) is 0 Å². The zero-order valence-electron chi connectivity index (χ0n) is 7.71. The lowest BCUT2D eigenvalue weighted by atomic mass is 10.1.